The van der Waals surface area contributed by atoms with Crippen LogP contribution in [0, 0.1) is 6.92 Å². The topological polar surface area (TPSA) is 87.1 Å². The summed E-state index contributed by atoms with van der Waals surface area (Å²) in [6.07, 6.45) is 3.88. The Morgan fingerprint density at radius 3 is 2.55 bits per heavy atom. The molecule has 2 rings (SSSR count). The first kappa shape index (κ1) is 13.8. The van der Waals surface area contributed by atoms with Crippen molar-refractivity contribution in [1.82, 2.24) is 9.97 Å². The number of hydrogen-bond acceptors (Lipinski definition) is 4. The van der Waals surface area contributed by atoms with Crippen LogP contribution in [0.4, 0.5) is 16.2 Å². The van der Waals surface area contributed by atoms with Crippen molar-refractivity contribution in [1.29, 1.82) is 0 Å². The number of nitrogens with one attached hydrogen (secondary N) is 2. The Labute approximate surface area is 116 Å². The molecule has 0 fully saturated rings. The van der Waals surface area contributed by atoms with Crippen LogP contribution in [0.3, 0.4) is 0 Å². The molecule has 2 amide bonds. The predicted octanol–water partition coefficient (Wildman–Crippen LogP) is 2.70. The van der Waals surface area contributed by atoms with Crippen molar-refractivity contribution in [2.24, 2.45) is 0 Å². The summed E-state index contributed by atoms with van der Waals surface area (Å²) in [5.74, 6) is 0.891. The second-order valence-electron chi connectivity index (χ2n) is 4.32. The fraction of sp³-hybridized carbons (Fsp3) is 0.214. The lowest BCUT2D eigenvalue weighted by Gasteiger charge is -2.10. The highest BCUT2D eigenvalue weighted by molar-refractivity contribution is 6.00. The molecule has 0 aliphatic heterocycles. The molecular formula is C14H16N4O2. The highest BCUT2D eigenvalue weighted by Crippen LogP contribution is 2.20. The van der Waals surface area contributed by atoms with Crippen molar-refractivity contribution in [2.75, 3.05) is 10.6 Å². The monoisotopic (exact) mass is 272 g/mol. The van der Waals surface area contributed by atoms with Gasteiger partial charge < -0.3 is 15.7 Å². The normalized spacial score (nSPS) is 10.1. The molecule has 2 aromatic rings. The van der Waals surface area contributed by atoms with Crippen LogP contribution < -0.4 is 10.6 Å². The number of amides is 2. The van der Waals surface area contributed by atoms with E-state index in [1.807, 2.05) is 6.92 Å². The minimum atomic E-state index is -0.383. The zero-order chi connectivity index (χ0) is 14.5. The zero-order valence-corrected chi connectivity index (χ0v) is 11.3. The van der Waals surface area contributed by atoms with Crippen molar-refractivity contribution in [2.45, 2.75) is 20.3 Å². The van der Waals surface area contributed by atoms with E-state index < -0.39 is 0 Å². The van der Waals surface area contributed by atoms with Gasteiger partial charge in [0.05, 0.1) is 18.1 Å². The van der Waals surface area contributed by atoms with Gasteiger partial charge >= 0.3 is 6.03 Å². The second-order valence-corrected chi connectivity index (χ2v) is 4.32. The quantitative estimate of drug-likeness (QED) is 0.750. The SMILES string of the molecule is CCc1ncc(NC(=O)Nc2ccc(O)cc2C)cn1. The summed E-state index contributed by atoms with van der Waals surface area (Å²) in [7, 11) is 0. The van der Waals surface area contributed by atoms with E-state index in [-0.39, 0.29) is 11.8 Å². The lowest BCUT2D eigenvalue weighted by Crippen LogP contribution is -2.20. The third-order valence-corrected chi connectivity index (χ3v) is 2.74. The molecule has 0 aliphatic rings. The Bertz CT molecular complexity index is 611. The molecule has 1 aromatic heterocycles. The molecular weight excluding hydrogens is 256 g/mol. The van der Waals surface area contributed by atoms with Gasteiger partial charge in [0, 0.05) is 12.1 Å². The molecule has 0 radical (unpaired) electrons. The van der Waals surface area contributed by atoms with Gasteiger partial charge in [-0.25, -0.2) is 14.8 Å². The molecule has 0 saturated carbocycles. The number of aryl methyl sites for hydroxylation is 2. The van der Waals surface area contributed by atoms with Gasteiger partial charge in [0.1, 0.15) is 11.6 Å². The minimum absolute atomic E-state index is 0.164. The first-order valence-electron chi connectivity index (χ1n) is 6.27. The van der Waals surface area contributed by atoms with Crippen LogP contribution >= 0.6 is 0 Å². The zero-order valence-electron chi connectivity index (χ0n) is 11.3. The average molecular weight is 272 g/mol. The van der Waals surface area contributed by atoms with Gasteiger partial charge in [-0.05, 0) is 30.7 Å². The predicted molar refractivity (Wildman–Crippen MR) is 76.9 cm³/mol. The van der Waals surface area contributed by atoms with Crippen molar-refractivity contribution in [3.8, 4) is 5.75 Å². The molecule has 6 nitrogen and oxygen atoms in total. The molecule has 6 heteroatoms. The third kappa shape index (κ3) is 3.44. The number of aromatic nitrogens is 2. The molecule has 0 bridgehead atoms. The number of urea groups is 1. The molecule has 104 valence electrons. The van der Waals surface area contributed by atoms with Crippen LogP contribution in [0.15, 0.2) is 30.6 Å². The molecule has 20 heavy (non-hydrogen) atoms. The van der Waals surface area contributed by atoms with Crippen LogP contribution in [0.1, 0.15) is 18.3 Å². The summed E-state index contributed by atoms with van der Waals surface area (Å²) in [5, 5.41) is 14.7. The van der Waals surface area contributed by atoms with Gasteiger partial charge in [-0.15, -0.1) is 0 Å². The van der Waals surface area contributed by atoms with Gasteiger partial charge in [-0.1, -0.05) is 6.92 Å². The third-order valence-electron chi connectivity index (χ3n) is 2.74. The number of phenolic OH excluding ortho intramolecular Hbond substituents is 1. The second kappa shape index (κ2) is 6.01. The summed E-state index contributed by atoms with van der Waals surface area (Å²) in [6.45, 7) is 3.76. The van der Waals surface area contributed by atoms with E-state index in [1.54, 1.807) is 31.5 Å². The van der Waals surface area contributed by atoms with E-state index >= 15 is 0 Å². The van der Waals surface area contributed by atoms with Crippen LogP contribution in [0.25, 0.3) is 0 Å². The number of carbonyl (C=O) groups excluding carboxylic acids is 1. The lowest BCUT2D eigenvalue weighted by molar-refractivity contribution is 0.262. The van der Waals surface area contributed by atoms with Gasteiger partial charge in [-0.3, -0.25) is 0 Å². The standard InChI is InChI=1S/C14H16N4O2/c1-3-13-15-7-10(8-16-13)17-14(20)18-12-5-4-11(19)6-9(12)2/h4-8,19H,3H2,1-2H3,(H2,17,18,20). The first-order chi connectivity index (χ1) is 9.58. The minimum Gasteiger partial charge on any atom is -0.508 e. The number of anilines is 2. The average Bonchev–Trinajstić information content (AvgIpc) is 2.43. The van der Waals surface area contributed by atoms with Crippen molar-refractivity contribution < 1.29 is 9.90 Å². The Hall–Kier alpha value is -2.63. The van der Waals surface area contributed by atoms with E-state index in [1.165, 1.54) is 6.07 Å². The smallest absolute Gasteiger partial charge is 0.323 e. The molecule has 1 aromatic carbocycles. The number of carbonyl (C=O) groups is 1. The lowest BCUT2D eigenvalue weighted by atomic mass is 10.2. The summed E-state index contributed by atoms with van der Waals surface area (Å²) in [6, 6.07) is 4.35. The maximum atomic E-state index is 11.8. The van der Waals surface area contributed by atoms with E-state index in [0.717, 1.165) is 17.8 Å². The molecule has 0 atom stereocenters. The number of aromatic hydroxyl groups is 1. The van der Waals surface area contributed by atoms with Crippen LogP contribution in [0.2, 0.25) is 0 Å². The Morgan fingerprint density at radius 1 is 1.25 bits per heavy atom. The maximum Gasteiger partial charge on any atom is 0.323 e. The molecule has 1 heterocycles. The van der Waals surface area contributed by atoms with Gasteiger partial charge in [-0.2, -0.15) is 0 Å². The van der Waals surface area contributed by atoms with E-state index in [4.69, 9.17) is 0 Å². The molecule has 0 unspecified atom stereocenters. The van der Waals surface area contributed by atoms with Crippen LogP contribution in [-0.4, -0.2) is 21.1 Å². The van der Waals surface area contributed by atoms with E-state index in [0.29, 0.717) is 11.4 Å². The summed E-state index contributed by atoms with van der Waals surface area (Å²) >= 11 is 0. The van der Waals surface area contributed by atoms with Gasteiger partial charge in [0.25, 0.3) is 0 Å². The number of rotatable bonds is 3. The number of phenols is 1. The highest BCUT2D eigenvalue weighted by atomic mass is 16.3. The van der Waals surface area contributed by atoms with Gasteiger partial charge in [0.2, 0.25) is 0 Å². The van der Waals surface area contributed by atoms with E-state index in [9.17, 15) is 9.90 Å². The Kier molecular flexibility index (Phi) is 4.14. The fourth-order valence-electron chi connectivity index (χ4n) is 1.67. The maximum absolute atomic E-state index is 11.8. The number of benzene rings is 1. The Balaban J connectivity index is 2.01. The molecule has 3 N–H and O–H groups in total. The van der Waals surface area contributed by atoms with Crippen LogP contribution in [0.5, 0.6) is 5.75 Å². The summed E-state index contributed by atoms with van der Waals surface area (Å²) < 4.78 is 0. The van der Waals surface area contributed by atoms with Crippen molar-refractivity contribution >= 4 is 17.4 Å². The van der Waals surface area contributed by atoms with E-state index in [2.05, 4.69) is 20.6 Å². The summed E-state index contributed by atoms with van der Waals surface area (Å²) in [5.41, 5.74) is 1.93. The van der Waals surface area contributed by atoms with Gasteiger partial charge in [0.15, 0.2) is 0 Å². The molecule has 0 spiro atoms. The van der Waals surface area contributed by atoms with Crippen LogP contribution in [-0.2, 0) is 6.42 Å². The largest absolute Gasteiger partial charge is 0.508 e. The number of nitrogens with zero attached hydrogens (tertiary/aromatic N) is 2. The molecule has 0 saturated heterocycles. The summed E-state index contributed by atoms with van der Waals surface area (Å²) in [4.78, 5) is 20.0. The highest BCUT2D eigenvalue weighted by Gasteiger charge is 2.06. The Morgan fingerprint density at radius 2 is 1.95 bits per heavy atom. The number of hydrogen-bond donors (Lipinski definition) is 3. The molecule has 0 aliphatic carbocycles. The van der Waals surface area contributed by atoms with Crippen molar-refractivity contribution in [3.63, 3.8) is 0 Å². The fourth-order valence-corrected chi connectivity index (χ4v) is 1.67. The first-order valence-corrected chi connectivity index (χ1v) is 6.27. The van der Waals surface area contributed by atoms with Crippen molar-refractivity contribution in [3.05, 3.63) is 42.0 Å².